The second-order valence-corrected chi connectivity index (χ2v) is 8.39. The van der Waals surface area contributed by atoms with E-state index in [-0.39, 0.29) is 41.9 Å². The highest BCUT2D eigenvalue weighted by Crippen LogP contribution is 2.49. The van der Waals surface area contributed by atoms with Gasteiger partial charge in [0.25, 0.3) is 0 Å². The van der Waals surface area contributed by atoms with Gasteiger partial charge in [0.2, 0.25) is 17.5 Å². The monoisotopic (exact) mass is 473 g/mol. The zero-order chi connectivity index (χ0) is 24.5. The van der Waals surface area contributed by atoms with E-state index in [9.17, 15) is 22.8 Å². The maximum atomic E-state index is 13.3. The molecule has 178 valence electrons. The van der Waals surface area contributed by atoms with Crippen molar-refractivity contribution in [2.75, 3.05) is 11.1 Å². The lowest BCUT2D eigenvalue weighted by molar-refractivity contribution is -0.137. The number of aromatic nitrogens is 2. The summed E-state index contributed by atoms with van der Waals surface area (Å²) in [6.07, 6.45) is -1.97. The summed E-state index contributed by atoms with van der Waals surface area (Å²) in [6, 6.07) is 8.55. The van der Waals surface area contributed by atoms with E-state index in [0.29, 0.717) is 29.8 Å². The molecule has 1 saturated carbocycles. The van der Waals surface area contributed by atoms with Crippen LogP contribution >= 0.6 is 0 Å². The molecule has 0 unspecified atom stereocenters. The lowest BCUT2D eigenvalue weighted by Gasteiger charge is -2.16. The molecule has 4 rings (SSSR count). The molecule has 1 aromatic carbocycles. The molecule has 2 aromatic heterocycles. The summed E-state index contributed by atoms with van der Waals surface area (Å²) in [5.41, 5.74) is 5.22. The van der Waals surface area contributed by atoms with Crippen molar-refractivity contribution in [3.05, 3.63) is 65.2 Å². The quantitative estimate of drug-likeness (QED) is 0.415. The van der Waals surface area contributed by atoms with E-state index in [0.717, 1.165) is 6.07 Å². The van der Waals surface area contributed by atoms with Crippen molar-refractivity contribution < 1.29 is 27.3 Å². The highest BCUT2D eigenvalue weighted by atomic mass is 19.4. The molecule has 0 spiro atoms. The number of aryl methyl sites for hydroxylation is 1. The molecule has 1 aliphatic rings. The van der Waals surface area contributed by atoms with Crippen LogP contribution in [0.4, 0.5) is 30.4 Å². The van der Waals surface area contributed by atoms with Gasteiger partial charge in [0.15, 0.2) is 5.82 Å². The van der Waals surface area contributed by atoms with Gasteiger partial charge in [-0.05, 0) is 44.0 Å². The van der Waals surface area contributed by atoms with Crippen LogP contribution in [0.15, 0.2) is 47.1 Å². The first-order valence-electron chi connectivity index (χ1n) is 10.5. The fourth-order valence-corrected chi connectivity index (χ4v) is 3.57. The first-order chi connectivity index (χ1) is 16.1. The number of nitrogens with one attached hydrogen (secondary N) is 2. The van der Waals surface area contributed by atoms with Gasteiger partial charge in [-0.25, -0.2) is 0 Å². The van der Waals surface area contributed by atoms with E-state index >= 15 is 0 Å². The van der Waals surface area contributed by atoms with Gasteiger partial charge in [-0.3, -0.25) is 14.6 Å². The maximum absolute atomic E-state index is 13.3. The van der Waals surface area contributed by atoms with Crippen LogP contribution in [-0.4, -0.2) is 21.8 Å². The highest BCUT2D eigenvalue weighted by molar-refractivity contribution is 5.99. The Labute approximate surface area is 192 Å². The third kappa shape index (κ3) is 5.19. The van der Waals surface area contributed by atoms with Crippen molar-refractivity contribution in [2.24, 2.45) is 5.41 Å². The van der Waals surface area contributed by atoms with Crippen LogP contribution in [0.25, 0.3) is 0 Å². The fraction of sp³-hybridized carbons (Fsp3) is 0.304. The summed E-state index contributed by atoms with van der Waals surface area (Å²) in [5.74, 6) is -0.506. The lowest BCUT2D eigenvalue weighted by Crippen LogP contribution is -2.33. The van der Waals surface area contributed by atoms with E-state index in [1.54, 1.807) is 25.1 Å². The molecule has 3 aromatic rings. The molecule has 0 saturated heterocycles. The number of pyridine rings is 1. The Morgan fingerprint density at radius 2 is 1.94 bits per heavy atom. The second-order valence-electron chi connectivity index (χ2n) is 8.39. The topological polar surface area (TPSA) is 123 Å². The van der Waals surface area contributed by atoms with Gasteiger partial charge in [-0.15, -0.1) is 0 Å². The number of ketones is 1. The smallest absolute Gasteiger partial charge is 0.381 e. The Morgan fingerprint density at radius 1 is 1.18 bits per heavy atom. The molecule has 2 heterocycles. The molecule has 0 aliphatic heterocycles. The molecule has 34 heavy (non-hydrogen) atoms. The third-order valence-electron chi connectivity index (χ3n) is 5.65. The zero-order valence-corrected chi connectivity index (χ0v) is 18.2. The number of hydrogen-bond donors (Lipinski definition) is 3. The van der Waals surface area contributed by atoms with E-state index in [2.05, 4.69) is 20.8 Å². The molecule has 1 amide bonds. The average molecular weight is 473 g/mol. The Morgan fingerprint density at radius 3 is 2.53 bits per heavy atom. The van der Waals surface area contributed by atoms with Crippen molar-refractivity contribution in [1.82, 2.24) is 15.5 Å². The van der Waals surface area contributed by atoms with E-state index in [1.807, 2.05) is 0 Å². The Hall–Kier alpha value is -3.89. The molecular formula is C23H22F3N5O3. The number of nitrogens with zero attached hydrogens (tertiary/aromatic N) is 2. The predicted molar refractivity (Wildman–Crippen MR) is 117 cm³/mol. The molecule has 1 aliphatic carbocycles. The van der Waals surface area contributed by atoms with Crippen LogP contribution in [0.3, 0.4) is 0 Å². The van der Waals surface area contributed by atoms with Crippen molar-refractivity contribution in [3.63, 3.8) is 0 Å². The van der Waals surface area contributed by atoms with E-state index in [4.69, 9.17) is 10.3 Å². The van der Waals surface area contributed by atoms with Crippen LogP contribution in [-0.2, 0) is 17.5 Å². The van der Waals surface area contributed by atoms with Gasteiger partial charge in [-0.2, -0.15) is 13.2 Å². The van der Waals surface area contributed by atoms with Crippen molar-refractivity contribution in [2.45, 2.75) is 38.9 Å². The largest absolute Gasteiger partial charge is 0.418 e. The number of hydrogen-bond acceptors (Lipinski definition) is 7. The molecule has 0 atom stereocenters. The summed E-state index contributed by atoms with van der Waals surface area (Å²) >= 11 is 0. The number of Topliss-reactive ketones (excluding diaryl/α,β-unsaturated/α-hetero) is 1. The Balaban J connectivity index is 1.35. The summed E-state index contributed by atoms with van der Waals surface area (Å²) in [4.78, 5) is 29.2. The zero-order valence-electron chi connectivity index (χ0n) is 18.2. The van der Waals surface area contributed by atoms with Gasteiger partial charge < -0.3 is 20.9 Å². The average Bonchev–Trinajstić information content (AvgIpc) is 3.44. The lowest BCUT2D eigenvalue weighted by atomic mass is 9.97. The first kappa shape index (κ1) is 23.3. The van der Waals surface area contributed by atoms with Gasteiger partial charge in [-0.1, -0.05) is 16.8 Å². The first-order valence-corrected chi connectivity index (χ1v) is 10.5. The SMILES string of the molecule is Cc1ccc(Nc2ccc(CNC(=O)C3(CC(=O)c4cc(N)no4)CC3)nc2)c(C(F)(F)F)c1. The molecular weight excluding hydrogens is 451 g/mol. The summed E-state index contributed by atoms with van der Waals surface area (Å²) in [5, 5.41) is 8.99. The van der Waals surface area contributed by atoms with Crippen molar-refractivity contribution in [1.29, 1.82) is 0 Å². The Bertz CT molecular complexity index is 1220. The number of anilines is 3. The molecule has 1 fully saturated rings. The Kier molecular flexibility index (Phi) is 6.03. The van der Waals surface area contributed by atoms with Crippen LogP contribution in [0.2, 0.25) is 0 Å². The summed E-state index contributed by atoms with van der Waals surface area (Å²) in [6.45, 7) is 1.71. The number of alkyl halides is 3. The van der Waals surface area contributed by atoms with Crippen molar-refractivity contribution >= 4 is 28.9 Å². The minimum absolute atomic E-state index is 0.0121. The number of halogens is 3. The maximum Gasteiger partial charge on any atom is 0.418 e. The number of amides is 1. The molecule has 4 N–H and O–H groups in total. The molecule has 11 heteroatoms. The van der Waals surface area contributed by atoms with Crippen LogP contribution in [0, 0.1) is 12.3 Å². The van der Waals surface area contributed by atoms with Gasteiger partial charge in [0.1, 0.15) is 0 Å². The van der Waals surface area contributed by atoms with Crippen LogP contribution < -0.4 is 16.4 Å². The fourth-order valence-electron chi connectivity index (χ4n) is 3.57. The third-order valence-corrected chi connectivity index (χ3v) is 5.65. The number of rotatable bonds is 8. The molecule has 8 nitrogen and oxygen atoms in total. The number of nitrogen functional groups attached to an aromatic ring is 1. The standard InChI is InChI=1S/C23H22F3N5O3/c1-13-2-5-17(16(8-13)23(24,25)26)30-15-4-3-14(28-12-15)11-29-21(33)22(6-7-22)10-18(32)19-9-20(27)31-34-19/h2-5,8-9,12,30H,6-7,10-11H2,1H3,(H2,27,31)(H,29,33). The van der Waals surface area contributed by atoms with Crippen molar-refractivity contribution in [3.8, 4) is 0 Å². The summed E-state index contributed by atoms with van der Waals surface area (Å²) in [7, 11) is 0. The van der Waals surface area contributed by atoms with Crippen LogP contribution in [0.5, 0.6) is 0 Å². The molecule has 0 radical (unpaired) electrons. The van der Waals surface area contributed by atoms with E-state index < -0.39 is 17.2 Å². The van der Waals surface area contributed by atoms with Crippen LogP contribution in [0.1, 0.15) is 46.6 Å². The highest BCUT2D eigenvalue weighted by Gasteiger charge is 2.51. The number of carbonyl (C=O) groups is 2. The minimum atomic E-state index is -4.49. The number of nitrogens with two attached hydrogens (primary N) is 1. The normalized spacial score (nSPS) is 14.5. The number of carbonyl (C=O) groups excluding carboxylic acids is 2. The van der Waals surface area contributed by atoms with Gasteiger partial charge in [0.05, 0.1) is 40.8 Å². The second kappa shape index (κ2) is 8.81. The summed E-state index contributed by atoms with van der Waals surface area (Å²) < 4.78 is 44.8. The van der Waals surface area contributed by atoms with E-state index in [1.165, 1.54) is 18.3 Å². The number of benzene rings is 1. The minimum Gasteiger partial charge on any atom is -0.381 e. The predicted octanol–water partition coefficient (Wildman–Crippen LogP) is 4.39. The van der Waals surface area contributed by atoms with Gasteiger partial charge >= 0.3 is 6.18 Å². The van der Waals surface area contributed by atoms with Gasteiger partial charge in [0, 0.05) is 12.5 Å². The molecule has 0 bridgehead atoms.